The van der Waals surface area contributed by atoms with Gasteiger partial charge in [-0.25, -0.2) is 13.9 Å². The van der Waals surface area contributed by atoms with Gasteiger partial charge in [-0.15, -0.1) is 0 Å². The summed E-state index contributed by atoms with van der Waals surface area (Å²) < 4.78 is 17.6. The molecule has 0 saturated carbocycles. The van der Waals surface area contributed by atoms with Gasteiger partial charge < -0.3 is 10.4 Å². The van der Waals surface area contributed by atoms with Gasteiger partial charge in [0.15, 0.2) is 5.65 Å². The summed E-state index contributed by atoms with van der Waals surface area (Å²) in [4.78, 5) is 5.29. The van der Waals surface area contributed by atoms with E-state index in [0.717, 1.165) is 17.8 Å². The number of phenols is 1. The third kappa shape index (κ3) is 4.70. The van der Waals surface area contributed by atoms with Crippen molar-refractivity contribution >= 4 is 27.0 Å². The first kappa shape index (κ1) is 20.9. The number of para-hydroxylation sites is 1. The first-order valence-electron chi connectivity index (χ1n) is 10.00. The molecule has 2 heterocycles. The summed E-state index contributed by atoms with van der Waals surface area (Å²) in [6.07, 6.45) is 2.42. The van der Waals surface area contributed by atoms with Crippen LogP contribution in [0.15, 0.2) is 71.8 Å². The summed E-state index contributed by atoms with van der Waals surface area (Å²) >= 11 is 0. The molecule has 7 nitrogen and oxygen atoms in total. The molecule has 3 N–H and O–H groups in total. The minimum Gasteiger partial charge on any atom is -0.507 e. The highest BCUT2D eigenvalue weighted by molar-refractivity contribution is 7.98. The van der Waals surface area contributed by atoms with Crippen LogP contribution in [0.25, 0.3) is 16.9 Å². The normalized spacial score (nSPS) is 13.2. The van der Waals surface area contributed by atoms with Gasteiger partial charge in [0.05, 0.1) is 21.6 Å². The average Bonchev–Trinajstić information content (AvgIpc) is 3.23. The van der Waals surface area contributed by atoms with Crippen molar-refractivity contribution in [1.29, 1.82) is 0 Å². The zero-order valence-corrected chi connectivity index (χ0v) is 18.1. The molecule has 1 atom stereocenters. The van der Waals surface area contributed by atoms with Gasteiger partial charge in [-0.1, -0.05) is 29.8 Å². The molecule has 2 aromatic carbocycles. The van der Waals surface area contributed by atoms with Crippen LogP contribution in [0.3, 0.4) is 0 Å². The third-order valence-corrected chi connectivity index (χ3v) is 6.64. The van der Waals surface area contributed by atoms with E-state index in [1.165, 1.54) is 0 Å². The number of phenolic OH excluding ortho intramolecular Hbond substituents is 1. The van der Waals surface area contributed by atoms with Gasteiger partial charge in [-0.3, -0.25) is 0 Å². The van der Waals surface area contributed by atoms with Crippen molar-refractivity contribution in [3.8, 4) is 17.0 Å². The Kier molecular flexibility index (Phi) is 5.92. The number of aromatic nitrogens is 3. The lowest BCUT2D eigenvalue weighted by atomic mass is 10.1. The van der Waals surface area contributed by atoms with Gasteiger partial charge in [0.25, 0.3) is 0 Å². The van der Waals surface area contributed by atoms with Crippen molar-refractivity contribution in [2.45, 2.75) is 18.2 Å². The Morgan fingerprint density at radius 2 is 1.87 bits per heavy atom. The summed E-state index contributed by atoms with van der Waals surface area (Å²) in [6, 6.07) is 18.3. The predicted octanol–water partition coefficient (Wildman–Crippen LogP) is 3.49. The summed E-state index contributed by atoms with van der Waals surface area (Å²) in [5.74, 6) is 4.81. The van der Waals surface area contributed by atoms with E-state index in [4.69, 9.17) is 0 Å². The lowest BCUT2D eigenvalue weighted by Gasteiger charge is -2.13. The number of hydrogen-bond acceptors (Lipinski definition) is 5. The molecule has 2 aromatic heterocycles. The number of aromatic hydroxyl groups is 1. The quantitative estimate of drug-likeness (QED) is 0.291. The molecule has 0 aliphatic rings. The van der Waals surface area contributed by atoms with E-state index in [1.54, 1.807) is 22.8 Å². The van der Waals surface area contributed by atoms with E-state index in [-0.39, 0.29) is 5.75 Å². The van der Waals surface area contributed by atoms with E-state index in [0.29, 0.717) is 34.9 Å². The van der Waals surface area contributed by atoms with Crippen molar-refractivity contribution < 1.29 is 9.32 Å². The molecule has 160 valence electrons. The molecule has 31 heavy (non-hydrogen) atoms. The highest BCUT2D eigenvalue weighted by atomic mass is 32.2. The second-order valence-electron chi connectivity index (χ2n) is 7.31. The van der Waals surface area contributed by atoms with Crippen molar-refractivity contribution in [2.75, 3.05) is 18.4 Å². The third-order valence-electron chi connectivity index (χ3n) is 4.94. The Morgan fingerprint density at radius 3 is 2.65 bits per heavy atom. The standard InChI is InChI=1S/C23H25N5O2S/c1-17-8-10-18(11-9-17)31(2,30)26-14-5-13-24-23-16-20(19-6-3-4-7-21(19)29)27-22-12-15-25-28(22)23/h3-4,6-12,15-16,24,29H,2,5,13-14H2,1H3,(H,26,30). The summed E-state index contributed by atoms with van der Waals surface area (Å²) in [7, 11) is -2.53. The number of benzene rings is 2. The van der Waals surface area contributed by atoms with E-state index in [9.17, 15) is 9.32 Å². The second-order valence-corrected chi connectivity index (χ2v) is 9.42. The van der Waals surface area contributed by atoms with Gasteiger partial charge in [0, 0.05) is 35.7 Å². The van der Waals surface area contributed by atoms with Gasteiger partial charge in [-0.05, 0) is 43.5 Å². The Balaban J connectivity index is 1.42. The first-order valence-corrected chi connectivity index (χ1v) is 11.7. The molecule has 0 saturated heterocycles. The molecule has 0 amide bonds. The van der Waals surface area contributed by atoms with Crippen LogP contribution in [0.1, 0.15) is 12.0 Å². The molecule has 0 radical (unpaired) electrons. The summed E-state index contributed by atoms with van der Waals surface area (Å²) in [5, 5.41) is 17.9. The molecule has 4 rings (SSSR count). The van der Waals surface area contributed by atoms with E-state index < -0.39 is 9.71 Å². The number of rotatable bonds is 8. The lowest BCUT2D eigenvalue weighted by molar-refractivity contribution is 0.477. The van der Waals surface area contributed by atoms with E-state index in [1.807, 2.05) is 55.5 Å². The zero-order valence-electron chi connectivity index (χ0n) is 17.3. The Hall–Kier alpha value is -3.36. The topological polar surface area (TPSA) is 91.5 Å². The van der Waals surface area contributed by atoms with Crippen LogP contribution in [0.2, 0.25) is 0 Å². The van der Waals surface area contributed by atoms with Gasteiger partial charge >= 0.3 is 0 Å². The van der Waals surface area contributed by atoms with Gasteiger partial charge in [-0.2, -0.15) is 9.61 Å². The fourth-order valence-electron chi connectivity index (χ4n) is 3.25. The minimum absolute atomic E-state index is 0.176. The molecule has 8 heteroatoms. The lowest BCUT2D eigenvalue weighted by Crippen LogP contribution is -2.26. The van der Waals surface area contributed by atoms with Crippen LogP contribution in [-0.4, -0.2) is 42.9 Å². The number of hydrogen-bond donors (Lipinski definition) is 3. The van der Waals surface area contributed by atoms with E-state index in [2.05, 4.69) is 26.0 Å². The van der Waals surface area contributed by atoms with Crippen molar-refractivity contribution in [1.82, 2.24) is 19.3 Å². The number of fused-ring (bicyclic) bond motifs is 1. The van der Waals surface area contributed by atoms with Crippen molar-refractivity contribution in [2.24, 2.45) is 0 Å². The number of aryl methyl sites for hydroxylation is 1. The fraction of sp³-hybridized carbons (Fsp3) is 0.174. The average molecular weight is 436 g/mol. The second kappa shape index (κ2) is 8.79. The molecule has 1 unspecified atom stereocenters. The predicted molar refractivity (Wildman–Crippen MR) is 126 cm³/mol. The SMILES string of the molecule is C=S(=O)(NCCCNc1cc(-c2ccccc2O)nc2ccnn12)c1ccc(C)cc1. The number of nitrogens with one attached hydrogen (secondary N) is 2. The van der Waals surface area contributed by atoms with Gasteiger partial charge in [0.1, 0.15) is 11.6 Å². The Labute approximate surface area is 181 Å². The molecule has 0 bridgehead atoms. The van der Waals surface area contributed by atoms with Crippen LogP contribution >= 0.6 is 0 Å². The zero-order chi connectivity index (χ0) is 21.8. The number of nitrogens with zero attached hydrogens (tertiary/aromatic N) is 3. The Morgan fingerprint density at radius 1 is 1.10 bits per heavy atom. The molecular formula is C23H25N5O2S. The number of anilines is 1. The maximum Gasteiger partial charge on any atom is 0.157 e. The molecule has 0 aliphatic heterocycles. The van der Waals surface area contributed by atoms with E-state index >= 15 is 0 Å². The van der Waals surface area contributed by atoms with Crippen molar-refractivity contribution in [3.05, 3.63) is 72.4 Å². The molecule has 0 fully saturated rings. The maximum atomic E-state index is 12.8. The maximum absolute atomic E-state index is 12.8. The first-order chi connectivity index (χ1) is 14.9. The van der Waals surface area contributed by atoms with Gasteiger partial charge in [0.2, 0.25) is 0 Å². The van der Waals surface area contributed by atoms with Crippen LogP contribution < -0.4 is 10.0 Å². The van der Waals surface area contributed by atoms with Crippen molar-refractivity contribution in [3.63, 3.8) is 0 Å². The summed E-state index contributed by atoms with van der Waals surface area (Å²) in [6.45, 7) is 3.17. The molecular weight excluding hydrogens is 410 g/mol. The Bertz CT molecular complexity index is 1300. The van der Waals surface area contributed by atoms with Crippen LogP contribution in [0.5, 0.6) is 5.75 Å². The fourth-order valence-corrected chi connectivity index (χ4v) is 4.47. The molecule has 0 spiro atoms. The minimum atomic E-state index is -2.53. The highest BCUT2D eigenvalue weighted by Crippen LogP contribution is 2.29. The van der Waals surface area contributed by atoms with Crippen LogP contribution in [0.4, 0.5) is 5.82 Å². The molecule has 4 aromatic rings. The highest BCUT2D eigenvalue weighted by Gasteiger charge is 2.11. The smallest absolute Gasteiger partial charge is 0.157 e. The summed E-state index contributed by atoms with van der Waals surface area (Å²) in [5.41, 5.74) is 3.12. The molecule has 0 aliphatic carbocycles. The van der Waals surface area contributed by atoms with Crippen LogP contribution in [-0.2, 0) is 9.71 Å². The monoisotopic (exact) mass is 435 g/mol. The van der Waals surface area contributed by atoms with Crippen LogP contribution in [0, 0.1) is 6.92 Å². The largest absolute Gasteiger partial charge is 0.507 e.